The van der Waals surface area contributed by atoms with Gasteiger partial charge in [-0.1, -0.05) is 6.92 Å². The fourth-order valence-electron chi connectivity index (χ4n) is 4.50. The number of benzene rings is 1. The van der Waals surface area contributed by atoms with Crippen molar-refractivity contribution in [2.75, 3.05) is 11.9 Å². The quantitative estimate of drug-likeness (QED) is 0.804. The monoisotopic (exact) mass is 346 g/mol. The Morgan fingerprint density at radius 2 is 2.04 bits per heavy atom. The van der Waals surface area contributed by atoms with Gasteiger partial charge in [0.15, 0.2) is 0 Å². The van der Waals surface area contributed by atoms with E-state index in [1.54, 1.807) is 17.4 Å². The molecular weight excluding hydrogens is 323 g/mol. The SMILES string of the molecule is Cc1nc(C)c(-c2cc3c(cc2F)NC(C)(C)C2OCCC32C)s1. The molecule has 0 radical (unpaired) electrons. The molecule has 4 rings (SSSR count). The number of fused-ring (bicyclic) bond motifs is 3. The zero-order chi connectivity index (χ0) is 17.3. The minimum Gasteiger partial charge on any atom is -0.377 e. The van der Waals surface area contributed by atoms with E-state index in [2.05, 4.69) is 31.1 Å². The van der Waals surface area contributed by atoms with Gasteiger partial charge in [-0.2, -0.15) is 0 Å². The average molecular weight is 346 g/mol. The minimum absolute atomic E-state index is 0.0834. The van der Waals surface area contributed by atoms with Gasteiger partial charge in [0.05, 0.1) is 27.2 Å². The first-order valence-corrected chi connectivity index (χ1v) is 9.22. The largest absolute Gasteiger partial charge is 0.377 e. The summed E-state index contributed by atoms with van der Waals surface area (Å²) in [5.74, 6) is -0.190. The van der Waals surface area contributed by atoms with Crippen LogP contribution in [0.25, 0.3) is 10.4 Å². The maximum absolute atomic E-state index is 14.9. The molecule has 2 aliphatic heterocycles. The summed E-state index contributed by atoms with van der Waals surface area (Å²) in [4.78, 5) is 5.39. The highest BCUT2D eigenvalue weighted by atomic mass is 32.1. The van der Waals surface area contributed by atoms with Crippen molar-refractivity contribution in [1.82, 2.24) is 4.98 Å². The smallest absolute Gasteiger partial charge is 0.133 e. The molecule has 5 heteroatoms. The Balaban J connectivity index is 1.93. The van der Waals surface area contributed by atoms with Crippen LogP contribution >= 0.6 is 11.3 Å². The highest BCUT2D eigenvalue weighted by molar-refractivity contribution is 7.15. The number of nitrogens with one attached hydrogen (secondary N) is 1. The Morgan fingerprint density at radius 3 is 2.71 bits per heavy atom. The van der Waals surface area contributed by atoms with E-state index in [4.69, 9.17) is 4.74 Å². The van der Waals surface area contributed by atoms with Crippen LogP contribution in [-0.4, -0.2) is 23.2 Å². The van der Waals surface area contributed by atoms with Crippen LogP contribution in [0.3, 0.4) is 0 Å². The fourth-order valence-corrected chi connectivity index (χ4v) is 5.44. The molecule has 1 aromatic heterocycles. The van der Waals surface area contributed by atoms with E-state index in [0.29, 0.717) is 5.56 Å². The molecular formula is C19H23FN2OS. The van der Waals surface area contributed by atoms with Gasteiger partial charge in [0, 0.05) is 23.3 Å². The number of anilines is 1. The van der Waals surface area contributed by atoms with E-state index in [-0.39, 0.29) is 22.9 Å². The number of halogens is 1. The Morgan fingerprint density at radius 1 is 1.29 bits per heavy atom. The number of rotatable bonds is 1. The van der Waals surface area contributed by atoms with Crippen molar-refractivity contribution < 1.29 is 9.13 Å². The van der Waals surface area contributed by atoms with Gasteiger partial charge < -0.3 is 10.1 Å². The predicted octanol–water partition coefficient (Wildman–Crippen LogP) is 4.82. The third-order valence-electron chi connectivity index (χ3n) is 5.47. The molecule has 128 valence electrons. The number of thiazole rings is 1. The van der Waals surface area contributed by atoms with Crippen LogP contribution in [0.15, 0.2) is 12.1 Å². The van der Waals surface area contributed by atoms with Crippen LogP contribution in [0.2, 0.25) is 0 Å². The van der Waals surface area contributed by atoms with Crippen LogP contribution in [-0.2, 0) is 10.2 Å². The summed E-state index contributed by atoms with van der Waals surface area (Å²) in [5, 5.41) is 4.46. The predicted molar refractivity (Wildman–Crippen MR) is 96.4 cm³/mol. The van der Waals surface area contributed by atoms with Gasteiger partial charge in [-0.3, -0.25) is 0 Å². The highest BCUT2D eigenvalue weighted by Crippen LogP contribution is 2.51. The van der Waals surface area contributed by atoms with Gasteiger partial charge in [0.2, 0.25) is 0 Å². The molecule has 1 saturated heterocycles. The van der Waals surface area contributed by atoms with E-state index in [0.717, 1.165) is 39.9 Å². The second-order valence-corrected chi connectivity index (χ2v) is 8.99. The molecule has 2 aliphatic rings. The summed E-state index contributed by atoms with van der Waals surface area (Å²) in [7, 11) is 0. The average Bonchev–Trinajstić information content (AvgIpc) is 3.02. The van der Waals surface area contributed by atoms with Gasteiger partial charge in [0.25, 0.3) is 0 Å². The molecule has 1 fully saturated rings. The van der Waals surface area contributed by atoms with E-state index >= 15 is 0 Å². The molecule has 3 heterocycles. The van der Waals surface area contributed by atoms with Crippen molar-refractivity contribution in [3.8, 4) is 10.4 Å². The number of aryl methyl sites for hydroxylation is 2. The van der Waals surface area contributed by atoms with Crippen LogP contribution < -0.4 is 5.32 Å². The third kappa shape index (κ3) is 2.14. The van der Waals surface area contributed by atoms with Crippen LogP contribution in [0.5, 0.6) is 0 Å². The Kier molecular flexibility index (Phi) is 3.35. The van der Waals surface area contributed by atoms with Gasteiger partial charge >= 0.3 is 0 Å². The Hall–Kier alpha value is -1.46. The minimum atomic E-state index is -0.219. The van der Waals surface area contributed by atoms with Gasteiger partial charge in [-0.25, -0.2) is 9.37 Å². The second-order valence-electron chi connectivity index (χ2n) is 7.79. The number of aromatic nitrogens is 1. The molecule has 24 heavy (non-hydrogen) atoms. The Labute approximate surface area is 146 Å². The maximum Gasteiger partial charge on any atom is 0.133 e. The summed E-state index contributed by atoms with van der Waals surface area (Å²) < 4.78 is 21.0. The standard InChI is InChI=1S/C19H23FN2OS/c1-10-16(24-11(2)21-10)12-8-13-15(9-14(12)20)22-18(3,4)17-19(13,5)6-7-23-17/h8-9,17,22H,6-7H2,1-5H3. The number of ether oxygens (including phenoxy) is 1. The number of hydrogen-bond acceptors (Lipinski definition) is 4. The normalized spacial score (nSPS) is 27.5. The lowest BCUT2D eigenvalue weighted by atomic mass is 9.67. The zero-order valence-electron chi connectivity index (χ0n) is 14.8. The van der Waals surface area contributed by atoms with E-state index in [1.807, 2.05) is 19.9 Å². The summed E-state index contributed by atoms with van der Waals surface area (Å²) in [6, 6.07) is 3.68. The van der Waals surface area contributed by atoms with E-state index in [9.17, 15) is 4.39 Å². The van der Waals surface area contributed by atoms with Crippen LogP contribution in [0, 0.1) is 19.7 Å². The van der Waals surface area contributed by atoms with Gasteiger partial charge in [-0.05, 0) is 51.8 Å². The molecule has 2 unspecified atom stereocenters. The molecule has 0 saturated carbocycles. The van der Waals surface area contributed by atoms with Gasteiger partial charge in [0.1, 0.15) is 5.82 Å². The number of hydrogen-bond donors (Lipinski definition) is 1. The van der Waals surface area contributed by atoms with Crippen LogP contribution in [0.1, 0.15) is 43.5 Å². The number of nitrogens with zero attached hydrogens (tertiary/aromatic N) is 1. The first-order chi connectivity index (χ1) is 11.2. The first-order valence-electron chi connectivity index (χ1n) is 8.40. The lowest BCUT2D eigenvalue weighted by molar-refractivity contribution is 0.0352. The van der Waals surface area contributed by atoms with Crippen molar-refractivity contribution in [2.24, 2.45) is 0 Å². The molecule has 2 aromatic rings. The lowest BCUT2D eigenvalue weighted by Gasteiger charge is -2.48. The highest BCUT2D eigenvalue weighted by Gasteiger charge is 2.53. The molecule has 0 bridgehead atoms. The van der Waals surface area contributed by atoms with Crippen molar-refractivity contribution in [2.45, 2.75) is 58.1 Å². The van der Waals surface area contributed by atoms with Gasteiger partial charge in [-0.15, -0.1) is 11.3 Å². The van der Waals surface area contributed by atoms with Crippen molar-refractivity contribution in [3.05, 3.63) is 34.2 Å². The lowest BCUT2D eigenvalue weighted by Crippen LogP contribution is -2.56. The van der Waals surface area contributed by atoms with E-state index < -0.39 is 0 Å². The molecule has 1 aromatic carbocycles. The topological polar surface area (TPSA) is 34.2 Å². The molecule has 0 spiro atoms. The molecule has 3 nitrogen and oxygen atoms in total. The summed E-state index contributed by atoms with van der Waals surface area (Å²) in [5.41, 5.74) is 3.29. The molecule has 0 aliphatic carbocycles. The van der Waals surface area contributed by atoms with Crippen molar-refractivity contribution in [3.63, 3.8) is 0 Å². The second kappa shape index (κ2) is 5.02. The van der Waals surface area contributed by atoms with Crippen LogP contribution in [0.4, 0.5) is 10.1 Å². The third-order valence-corrected chi connectivity index (χ3v) is 6.57. The maximum atomic E-state index is 14.9. The van der Waals surface area contributed by atoms with E-state index in [1.165, 1.54) is 0 Å². The summed E-state index contributed by atoms with van der Waals surface area (Å²) >= 11 is 1.55. The summed E-state index contributed by atoms with van der Waals surface area (Å²) in [6.45, 7) is 11.2. The Bertz CT molecular complexity index is 829. The molecule has 2 atom stereocenters. The van der Waals surface area contributed by atoms with Crippen molar-refractivity contribution in [1.29, 1.82) is 0 Å². The summed E-state index contributed by atoms with van der Waals surface area (Å²) in [6.07, 6.45) is 1.04. The fraction of sp³-hybridized carbons (Fsp3) is 0.526. The zero-order valence-corrected chi connectivity index (χ0v) is 15.6. The first kappa shape index (κ1) is 16.0. The molecule has 1 N–H and O–H groups in total. The van der Waals surface area contributed by atoms with Crippen molar-refractivity contribution >= 4 is 17.0 Å². The molecule has 0 amide bonds.